The number of ether oxygens (including phenoxy) is 1. The van der Waals surface area contributed by atoms with Crippen molar-refractivity contribution in [3.63, 3.8) is 0 Å². The lowest BCUT2D eigenvalue weighted by Gasteiger charge is -2.19. The highest BCUT2D eigenvalue weighted by Crippen LogP contribution is 2.31. The van der Waals surface area contributed by atoms with Crippen molar-refractivity contribution < 1.29 is 9.53 Å². The first-order valence-corrected chi connectivity index (χ1v) is 7.49. The molecule has 0 aliphatic carbocycles. The molecule has 0 saturated heterocycles. The molecule has 0 radical (unpaired) electrons. The number of aryl methyl sites for hydroxylation is 1. The summed E-state index contributed by atoms with van der Waals surface area (Å²) in [7, 11) is 0. The minimum absolute atomic E-state index is 0.0465. The highest BCUT2D eigenvalue weighted by molar-refractivity contribution is 6.11. The van der Waals surface area contributed by atoms with E-state index in [0.717, 1.165) is 48.4 Å². The molecular weight excluding hydrogens is 262 g/mol. The summed E-state index contributed by atoms with van der Waals surface area (Å²) in [5.74, 6) is 0.826. The lowest BCUT2D eigenvalue weighted by atomic mass is 9.96. The van der Waals surface area contributed by atoms with Gasteiger partial charge in [-0.05, 0) is 42.5 Å². The van der Waals surface area contributed by atoms with Gasteiger partial charge in [0.1, 0.15) is 5.75 Å². The average molecular weight is 279 g/mol. The van der Waals surface area contributed by atoms with Gasteiger partial charge < -0.3 is 10.1 Å². The van der Waals surface area contributed by atoms with Crippen LogP contribution in [0.3, 0.4) is 0 Å². The van der Waals surface area contributed by atoms with Crippen LogP contribution in [0, 0.1) is 0 Å². The normalized spacial score (nSPS) is 15.6. The van der Waals surface area contributed by atoms with Crippen molar-refractivity contribution in [2.24, 2.45) is 0 Å². The van der Waals surface area contributed by atoms with Gasteiger partial charge in [0, 0.05) is 17.8 Å². The predicted molar refractivity (Wildman–Crippen MR) is 82.3 cm³/mol. The summed E-state index contributed by atoms with van der Waals surface area (Å²) in [4.78, 5) is 12.8. The Morgan fingerprint density at radius 2 is 2.05 bits per heavy atom. The Morgan fingerprint density at radius 1 is 1.10 bits per heavy atom. The number of ketones is 1. The van der Waals surface area contributed by atoms with Gasteiger partial charge in [-0.25, -0.2) is 0 Å². The summed E-state index contributed by atoms with van der Waals surface area (Å²) in [6.07, 6.45) is 3.04. The van der Waals surface area contributed by atoms with Crippen LogP contribution < -0.4 is 10.1 Å². The molecular formula is C18H17NO2. The highest BCUT2D eigenvalue weighted by atomic mass is 16.5. The zero-order valence-electron chi connectivity index (χ0n) is 11.8. The summed E-state index contributed by atoms with van der Waals surface area (Å²) >= 11 is 0. The van der Waals surface area contributed by atoms with Crippen molar-refractivity contribution in [1.82, 2.24) is 0 Å². The lowest BCUT2D eigenvalue weighted by Crippen LogP contribution is -2.13. The van der Waals surface area contributed by atoms with E-state index < -0.39 is 0 Å². The van der Waals surface area contributed by atoms with Crippen molar-refractivity contribution in [2.45, 2.75) is 19.3 Å². The number of benzene rings is 2. The Labute approximate surface area is 123 Å². The molecule has 0 aromatic heterocycles. The van der Waals surface area contributed by atoms with Crippen LogP contribution in [0.2, 0.25) is 0 Å². The number of hydrogen-bond donors (Lipinski definition) is 1. The van der Waals surface area contributed by atoms with E-state index in [-0.39, 0.29) is 5.78 Å². The van der Waals surface area contributed by atoms with Gasteiger partial charge in [0.15, 0.2) is 5.78 Å². The molecule has 0 spiro atoms. The second-order valence-electron chi connectivity index (χ2n) is 5.62. The Bertz CT molecular complexity index is 721. The molecule has 0 unspecified atom stereocenters. The Kier molecular flexibility index (Phi) is 2.92. The Morgan fingerprint density at radius 3 is 3.00 bits per heavy atom. The molecule has 2 aliphatic heterocycles. The Balaban J connectivity index is 1.75. The van der Waals surface area contributed by atoms with E-state index in [1.807, 2.05) is 24.3 Å². The molecule has 2 aromatic carbocycles. The number of hydrogen-bond acceptors (Lipinski definition) is 3. The molecule has 2 aliphatic rings. The van der Waals surface area contributed by atoms with Gasteiger partial charge in [-0.2, -0.15) is 0 Å². The fraction of sp³-hybridized carbons (Fsp3) is 0.278. The summed E-state index contributed by atoms with van der Waals surface area (Å²) in [6, 6.07) is 11.8. The van der Waals surface area contributed by atoms with Gasteiger partial charge in [-0.3, -0.25) is 4.79 Å². The highest BCUT2D eigenvalue weighted by Gasteiger charge is 2.21. The summed E-state index contributed by atoms with van der Waals surface area (Å²) < 4.78 is 5.75. The lowest BCUT2D eigenvalue weighted by molar-refractivity contribution is 0.103. The molecule has 2 heterocycles. The van der Waals surface area contributed by atoms with Crippen molar-refractivity contribution >= 4 is 11.5 Å². The standard InChI is InChI=1S/C18H17NO2/c20-17(14-7-6-12-8-9-19-16(12)11-14)15-5-1-3-13-4-2-10-21-18(13)15/h1,3,5-7,11,19H,2,4,8-10H2. The largest absolute Gasteiger partial charge is 0.493 e. The summed E-state index contributed by atoms with van der Waals surface area (Å²) in [5.41, 5.74) is 4.94. The first-order chi connectivity index (χ1) is 10.3. The molecule has 0 amide bonds. The van der Waals surface area contributed by atoms with E-state index >= 15 is 0 Å². The van der Waals surface area contributed by atoms with Gasteiger partial charge in [-0.1, -0.05) is 24.3 Å². The van der Waals surface area contributed by atoms with Crippen molar-refractivity contribution in [1.29, 1.82) is 0 Å². The molecule has 0 saturated carbocycles. The molecule has 3 heteroatoms. The molecule has 21 heavy (non-hydrogen) atoms. The minimum atomic E-state index is 0.0465. The van der Waals surface area contributed by atoms with Gasteiger partial charge in [0.2, 0.25) is 0 Å². The maximum Gasteiger partial charge on any atom is 0.196 e. The molecule has 0 atom stereocenters. The topological polar surface area (TPSA) is 38.3 Å². The molecule has 106 valence electrons. The van der Waals surface area contributed by atoms with Crippen molar-refractivity contribution in [3.05, 3.63) is 58.7 Å². The predicted octanol–water partition coefficient (Wildman–Crippen LogP) is 3.21. The summed E-state index contributed by atoms with van der Waals surface area (Å²) in [5, 5.41) is 3.33. The first-order valence-electron chi connectivity index (χ1n) is 7.49. The van der Waals surface area contributed by atoms with Crippen LogP contribution in [-0.4, -0.2) is 18.9 Å². The maximum atomic E-state index is 12.8. The fourth-order valence-corrected chi connectivity index (χ4v) is 3.16. The van der Waals surface area contributed by atoms with Crippen molar-refractivity contribution in [3.8, 4) is 5.75 Å². The van der Waals surface area contributed by atoms with E-state index in [9.17, 15) is 4.79 Å². The molecule has 4 rings (SSSR count). The van der Waals surface area contributed by atoms with E-state index in [4.69, 9.17) is 4.74 Å². The minimum Gasteiger partial charge on any atom is -0.493 e. The zero-order valence-corrected chi connectivity index (χ0v) is 11.8. The number of fused-ring (bicyclic) bond motifs is 2. The third-order valence-electron chi connectivity index (χ3n) is 4.26. The molecule has 1 N–H and O–H groups in total. The smallest absolute Gasteiger partial charge is 0.196 e. The van der Waals surface area contributed by atoms with Crippen LogP contribution >= 0.6 is 0 Å². The van der Waals surface area contributed by atoms with Crippen LogP contribution in [0.15, 0.2) is 36.4 Å². The van der Waals surface area contributed by atoms with E-state index in [2.05, 4.69) is 17.4 Å². The van der Waals surface area contributed by atoms with Crippen molar-refractivity contribution in [2.75, 3.05) is 18.5 Å². The van der Waals surface area contributed by atoms with Crippen LogP contribution in [0.1, 0.15) is 33.5 Å². The number of anilines is 1. The first kappa shape index (κ1) is 12.5. The average Bonchev–Trinajstić information content (AvgIpc) is 3.01. The third-order valence-corrected chi connectivity index (χ3v) is 4.26. The number of carbonyl (C=O) groups is 1. The number of rotatable bonds is 2. The third kappa shape index (κ3) is 2.09. The SMILES string of the molecule is O=C(c1ccc2c(c1)NCC2)c1cccc2c1OCCC2. The van der Waals surface area contributed by atoms with Gasteiger partial charge >= 0.3 is 0 Å². The van der Waals surface area contributed by atoms with Crippen LogP contribution in [0.5, 0.6) is 5.75 Å². The van der Waals surface area contributed by atoms with E-state index in [1.54, 1.807) is 0 Å². The second kappa shape index (κ2) is 4.92. The van der Waals surface area contributed by atoms with Crippen LogP contribution in [0.4, 0.5) is 5.69 Å². The molecule has 0 bridgehead atoms. The quantitative estimate of drug-likeness (QED) is 0.858. The van der Waals surface area contributed by atoms with Crippen LogP contribution in [-0.2, 0) is 12.8 Å². The molecule has 3 nitrogen and oxygen atoms in total. The van der Waals surface area contributed by atoms with Gasteiger partial charge in [0.25, 0.3) is 0 Å². The van der Waals surface area contributed by atoms with Gasteiger partial charge in [-0.15, -0.1) is 0 Å². The monoisotopic (exact) mass is 279 g/mol. The number of para-hydroxylation sites is 1. The Hall–Kier alpha value is -2.29. The number of nitrogens with one attached hydrogen (secondary N) is 1. The van der Waals surface area contributed by atoms with E-state index in [1.165, 1.54) is 5.56 Å². The fourth-order valence-electron chi connectivity index (χ4n) is 3.16. The second-order valence-corrected chi connectivity index (χ2v) is 5.62. The summed E-state index contributed by atoms with van der Waals surface area (Å²) in [6.45, 7) is 1.65. The maximum absolute atomic E-state index is 12.8. The molecule has 2 aromatic rings. The number of carbonyl (C=O) groups excluding carboxylic acids is 1. The zero-order chi connectivity index (χ0) is 14.2. The molecule has 0 fully saturated rings. The van der Waals surface area contributed by atoms with E-state index in [0.29, 0.717) is 12.2 Å². The van der Waals surface area contributed by atoms with Gasteiger partial charge in [0.05, 0.1) is 12.2 Å². The van der Waals surface area contributed by atoms with Crippen LogP contribution in [0.25, 0.3) is 0 Å².